The van der Waals surface area contributed by atoms with Crippen molar-refractivity contribution in [3.05, 3.63) is 29.8 Å². The molecule has 0 amide bonds. The average molecular weight is 144 g/mol. The van der Waals surface area contributed by atoms with Crippen molar-refractivity contribution in [1.82, 2.24) is 0 Å². The van der Waals surface area contributed by atoms with Crippen LogP contribution in [0.15, 0.2) is 29.3 Å². The van der Waals surface area contributed by atoms with Crippen LogP contribution in [0.5, 0.6) is 0 Å². The molecule has 1 aromatic rings. The Morgan fingerprint density at radius 2 is 2.09 bits per heavy atom. The number of isocyanates is 1. The molecule has 0 atom stereocenters. The van der Waals surface area contributed by atoms with Gasteiger partial charge in [-0.25, -0.2) is 4.79 Å². The predicted octanol–water partition coefficient (Wildman–Crippen LogP) is 1.53. The van der Waals surface area contributed by atoms with Gasteiger partial charge in [0.15, 0.2) is 0 Å². The van der Waals surface area contributed by atoms with Gasteiger partial charge in [0.25, 0.3) is 0 Å². The monoisotopic (exact) mass is 144 g/mol. The van der Waals surface area contributed by atoms with Gasteiger partial charge in [0, 0.05) is 0 Å². The Labute approximate surface area is 63.6 Å². The average Bonchev–Trinajstić information content (AvgIpc) is 2.06. The van der Waals surface area contributed by atoms with E-state index in [0.717, 1.165) is 0 Å². The Kier molecular flexibility index (Phi) is 2.16. The number of nitrogens with zero attached hydrogens (tertiary/aromatic N) is 2. The topological polar surface area (TPSA) is 53.2 Å². The minimum absolute atomic E-state index is 0.366. The zero-order valence-electron chi connectivity index (χ0n) is 5.61. The number of rotatable bonds is 1. The lowest BCUT2D eigenvalue weighted by Gasteiger charge is -1.90. The summed E-state index contributed by atoms with van der Waals surface area (Å²) in [6.07, 6.45) is 1.38. The third-order valence-electron chi connectivity index (χ3n) is 1.19. The molecule has 0 N–H and O–H groups in total. The van der Waals surface area contributed by atoms with Crippen LogP contribution in [-0.4, -0.2) is 6.08 Å². The maximum Gasteiger partial charge on any atom is 0.240 e. The summed E-state index contributed by atoms with van der Waals surface area (Å²) in [5, 5.41) is 8.51. The SMILES string of the molecule is N#Cc1ccccc1N=C=O. The van der Waals surface area contributed by atoms with Crippen molar-refractivity contribution in [1.29, 1.82) is 5.26 Å². The van der Waals surface area contributed by atoms with Crippen LogP contribution >= 0.6 is 0 Å². The summed E-state index contributed by atoms with van der Waals surface area (Å²) < 4.78 is 0. The highest BCUT2D eigenvalue weighted by Crippen LogP contribution is 2.15. The van der Waals surface area contributed by atoms with Gasteiger partial charge in [-0.2, -0.15) is 10.3 Å². The highest BCUT2D eigenvalue weighted by Gasteiger charge is 1.95. The first kappa shape index (κ1) is 7.20. The minimum atomic E-state index is 0.366. The Morgan fingerprint density at radius 1 is 1.36 bits per heavy atom. The van der Waals surface area contributed by atoms with Crippen LogP contribution in [0.4, 0.5) is 5.69 Å². The fourth-order valence-corrected chi connectivity index (χ4v) is 0.715. The van der Waals surface area contributed by atoms with Crippen LogP contribution in [0.3, 0.4) is 0 Å². The second-order valence-corrected chi connectivity index (χ2v) is 1.83. The molecule has 0 aliphatic heterocycles. The van der Waals surface area contributed by atoms with Crippen LogP contribution in [-0.2, 0) is 4.79 Å². The molecule has 0 aromatic heterocycles. The highest BCUT2D eigenvalue weighted by molar-refractivity contribution is 5.57. The van der Waals surface area contributed by atoms with Gasteiger partial charge in [-0.1, -0.05) is 12.1 Å². The smallest absolute Gasteiger partial charge is 0.211 e. The van der Waals surface area contributed by atoms with Crippen molar-refractivity contribution in [2.45, 2.75) is 0 Å². The highest BCUT2D eigenvalue weighted by atomic mass is 16.1. The van der Waals surface area contributed by atoms with Gasteiger partial charge in [-0.3, -0.25) is 0 Å². The fraction of sp³-hybridized carbons (Fsp3) is 0. The summed E-state index contributed by atoms with van der Waals surface area (Å²) in [6.45, 7) is 0. The van der Waals surface area contributed by atoms with E-state index >= 15 is 0 Å². The Hall–Kier alpha value is -1.91. The van der Waals surface area contributed by atoms with E-state index < -0.39 is 0 Å². The molecule has 3 nitrogen and oxygen atoms in total. The third-order valence-corrected chi connectivity index (χ3v) is 1.19. The molecule has 0 radical (unpaired) electrons. The number of carbonyl (C=O) groups excluding carboxylic acids is 1. The Bertz CT molecular complexity index is 345. The van der Waals surface area contributed by atoms with E-state index in [0.29, 0.717) is 11.3 Å². The first-order valence-electron chi connectivity index (χ1n) is 2.95. The molecule has 0 heterocycles. The molecule has 52 valence electrons. The zero-order valence-corrected chi connectivity index (χ0v) is 5.61. The van der Waals surface area contributed by atoms with Gasteiger partial charge >= 0.3 is 0 Å². The number of para-hydroxylation sites is 1. The van der Waals surface area contributed by atoms with E-state index in [1.54, 1.807) is 24.3 Å². The molecule has 0 saturated heterocycles. The maximum absolute atomic E-state index is 9.84. The molecular formula is C8H4N2O. The first-order chi connectivity index (χ1) is 5.38. The first-order valence-corrected chi connectivity index (χ1v) is 2.95. The Morgan fingerprint density at radius 3 is 2.73 bits per heavy atom. The van der Waals surface area contributed by atoms with Gasteiger partial charge in [0.2, 0.25) is 6.08 Å². The van der Waals surface area contributed by atoms with E-state index in [4.69, 9.17) is 5.26 Å². The van der Waals surface area contributed by atoms with Crippen molar-refractivity contribution in [3.63, 3.8) is 0 Å². The molecule has 0 saturated carbocycles. The summed E-state index contributed by atoms with van der Waals surface area (Å²) in [6, 6.07) is 8.50. The number of aliphatic imine (C=N–C) groups is 1. The van der Waals surface area contributed by atoms with Gasteiger partial charge in [0.05, 0.1) is 11.3 Å². The standard InChI is InChI=1S/C8H4N2O/c9-5-7-3-1-2-4-8(7)10-6-11/h1-4H. The second-order valence-electron chi connectivity index (χ2n) is 1.83. The lowest BCUT2D eigenvalue weighted by Crippen LogP contribution is -1.72. The quantitative estimate of drug-likeness (QED) is 0.443. The molecule has 0 fully saturated rings. The van der Waals surface area contributed by atoms with Crippen molar-refractivity contribution in [3.8, 4) is 6.07 Å². The molecule has 0 aliphatic rings. The molecule has 0 bridgehead atoms. The van der Waals surface area contributed by atoms with E-state index in [1.807, 2.05) is 6.07 Å². The van der Waals surface area contributed by atoms with Crippen LogP contribution < -0.4 is 0 Å². The molecule has 0 unspecified atom stereocenters. The zero-order chi connectivity index (χ0) is 8.10. The molecule has 1 rings (SSSR count). The molecule has 11 heavy (non-hydrogen) atoms. The second kappa shape index (κ2) is 3.31. The van der Waals surface area contributed by atoms with Crippen molar-refractivity contribution < 1.29 is 4.79 Å². The van der Waals surface area contributed by atoms with E-state index in [2.05, 4.69) is 4.99 Å². The molecular weight excluding hydrogens is 140 g/mol. The third kappa shape index (κ3) is 1.51. The maximum atomic E-state index is 9.84. The van der Waals surface area contributed by atoms with Crippen molar-refractivity contribution in [2.75, 3.05) is 0 Å². The Balaban J connectivity index is 3.25. The number of benzene rings is 1. The van der Waals surface area contributed by atoms with Gasteiger partial charge < -0.3 is 0 Å². The van der Waals surface area contributed by atoms with Gasteiger partial charge in [-0.05, 0) is 12.1 Å². The van der Waals surface area contributed by atoms with Crippen LogP contribution in [0.1, 0.15) is 5.56 Å². The number of hydrogen-bond donors (Lipinski definition) is 0. The molecule has 3 heteroatoms. The molecule has 1 aromatic carbocycles. The number of nitriles is 1. The van der Waals surface area contributed by atoms with Crippen molar-refractivity contribution >= 4 is 11.8 Å². The number of hydrogen-bond acceptors (Lipinski definition) is 3. The molecule has 0 spiro atoms. The van der Waals surface area contributed by atoms with Gasteiger partial charge in [-0.15, -0.1) is 0 Å². The minimum Gasteiger partial charge on any atom is -0.211 e. The lowest BCUT2D eigenvalue weighted by molar-refractivity contribution is 0.565. The largest absolute Gasteiger partial charge is 0.240 e. The summed E-state index contributed by atoms with van der Waals surface area (Å²) >= 11 is 0. The predicted molar refractivity (Wildman–Crippen MR) is 38.9 cm³/mol. The van der Waals surface area contributed by atoms with Crippen molar-refractivity contribution in [2.24, 2.45) is 4.99 Å². The van der Waals surface area contributed by atoms with E-state index in [1.165, 1.54) is 6.08 Å². The summed E-state index contributed by atoms with van der Waals surface area (Å²) in [5.41, 5.74) is 0.751. The van der Waals surface area contributed by atoms with Crippen LogP contribution in [0.2, 0.25) is 0 Å². The lowest BCUT2D eigenvalue weighted by atomic mass is 10.2. The van der Waals surface area contributed by atoms with Crippen LogP contribution in [0, 0.1) is 11.3 Å². The molecule has 0 aliphatic carbocycles. The summed E-state index contributed by atoms with van der Waals surface area (Å²) in [5.74, 6) is 0. The summed E-state index contributed by atoms with van der Waals surface area (Å²) in [7, 11) is 0. The summed E-state index contributed by atoms with van der Waals surface area (Å²) in [4.78, 5) is 13.2. The fourth-order valence-electron chi connectivity index (χ4n) is 0.715. The van der Waals surface area contributed by atoms with Crippen LogP contribution in [0.25, 0.3) is 0 Å². The van der Waals surface area contributed by atoms with E-state index in [9.17, 15) is 4.79 Å². The normalized spacial score (nSPS) is 7.91. The van der Waals surface area contributed by atoms with Gasteiger partial charge in [0.1, 0.15) is 6.07 Å². The van der Waals surface area contributed by atoms with E-state index in [-0.39, 0.29) is 0 Å².